The number of hydrogen-bond donors (Lipinski definition) is 1. The van der Waals surface area contributed by atoms with Gasteiger partial charge in [0.25, 0.3) is 0 Å². The summed E-state index contributed by atoms with van der Waals surface area (Å²) in [5.74, 6) is 0. The van der Waals surface area contributed by atoms with E-state index in [1.165, 1.54) is 25.7 Å². The Kier molecular flexibility index (Phi) is 3.33. The van der Waals surface area contributed by atoms with Gasteiger partial charge in [0.05, 0.1) is 6.10 Å². The van der Waals surface area contributed by atoms with Gasteiger partial charge in [-0.15, -0.1) is 6.58 Å². The molecule has 70 valence electrons. The van der Waals surface area contributed by atoms with Gasteiger partial charge in [-0.05, 0) is 31.1 Å². The molecule has 1 fully saturated rings. The van der Waals surface area contributed by atoms with Crippen molar-refractivity contribution in [1.82, 2.24) is 0 Å². The Balaban J connectivity index is 2.38. The number of allylic oxidation sites excluding steroid dienone is 1. The van der Waals surface area contributed by atoms with Crippen LogP contribution in [0.4, 0.5) is 0 Å². The summed E-state index contributed by atoms with van der Waals surface area (Å²) in [5, 5.41) is 9.89. The smallest absolute Gasteiger partial charge is 0.0596 e. The first-order valence-electron chi connectivity index (χ1n) is 4.98. The van der Waals surface area contributed by atoms with Crippen LogP contribution in [0.3, 0.4) is 0 Å². The van der Waals surface area contributed by atoms with Gasteiger partial charge in [-0.3, -0.25) is 0 Å². The van der Waals surface area contributed by atoms with Crippen molar-refractivity contribution < 1.29 is 5.11 Å². The lowest BCUT2D eigenvalue weighted by Crippen LogP contribution is -2.29. The summed E-state index contributed by atoms with van der Waals surface area (Å²) in [6.07, 6.45) is 8.59. The van der Waals surface area contributed by atoms with Crippen molar-refractivity contribution in [3.63, 3.8) is 0 Å². The predicted octanol–water partition coefficient (Wildman–Crippen LogP) is 2.89. The first-order valence-corrected chi connectivity index (χ1v) is 4.98. The lowest BCUT2D eigenvalue weighted by atomic mass is 9.80. The summed E-state index contributed by atoms with van der Waals surface area (Å²) in [6, 6.07) is 0. The van der Waals surface area contributed by atoms with Crippen molar-refractivity contribution in [2.24, 2.45) is 5.41 Å². The van der Waals surface area contributed by atoms with Crippen LogP contribution in [0.15, 0.2) is 12.7 Å². The first kappa shape index (κ1) is 9.79. The Morgan fingerprint density at radius 1 is 1.50 bits per heavy atom. The average molecular weight is 168 g/mol. The van der Waals surface area contributed by atoms with Gasteiger partial charge >= 0.3 is 0 Å². The van der Waals surface area contributed by atoms with Crippen LogP contribution < -0.4 is 0 Å². The van der Waals surface area contributed by atoms with Crippen LogP contribution in [-0.2, 0) is 0 Å². The molecule has 1 N–H and O–H groups in total. The van der Waals surface area contributed by atoms with Gasteiger partial charge in [0, 0.05) is 0 Å². The van der Waals surface area contributed by atoms with Crippen molar-refractivity contribution in [1.29, 1.82) is 0 Å². The second kappa shape index (κ2) is 4.08. The quantitative estimate of drug-likeness (QED) is 0.640. The highest BCUT2D eigenvalue weighted by Crippen LogP contribution is 2.41. The van der Waals surface area contributed by atoms with E-state index in [1.54, 1.807) is 0 Å². The lowest BCUT2D eigenvalue weighted by Gasteiger charge is -2.29. The fourth-order valence-electron chi connectivity index (χ4n) is 2.14. The van der Waals surface area contributed by atoms with Gasteiger partial charge in [0.2, 0.25) is 0 Å². The molecule has 1 atom stereocenters. The summed E-state index contributed by atoms with van der Waals surface area (Å²) in [5.41, 5.74) is 0.211. The second-order valence-electron chi connectivity index (χ2n) is 4.24. The molecule has 1 aliphatic rings. The Hall–Kier alpha value is -0.300. The lowest BCUT2D eigenvalue weighted by molar-refractivity contribution is 0.0359. The highest BCUT2D eigenvalue weighted by atomic mass is 16.3. The van der Waals surface area contributed by atoms with Crippen molar-refractivity contribution in [2.75, 3.05) is 0 Å². The summed E-state index contributed by atoms with van der Waals surface area (Å²) in [6.45, 7) is 5.89. The molecule has 1 unspecified atom stereocenters. The molecule has 0 aromatic rings. The molecule has 1 aliphatic carbocycles. The zero-order valence-electron chi connectivity index (χ0n) is 8.05. The number of aliphatic hydroxyl groups excluding tert-OH is 1. The Labute approximate surface area is 75.5 Å². The average Bonchev–Trinajstić information content (AvgIpc) is 2.49. The molecule has 0 spiro atoms. The molecule has 0 aromatic heterocycles. The maximum atomic E-state index is 9.89. The van der Waals surface area contributed by atoms with Gasteiger partial charge in [-0.2, -0.15) is 0 Å². The van der Waals surface area contributed by atoms with Gasteiger partial charge in [0.1, 0.15) is 0 Å². The molecule has 0 amide bonds. The van der Waals surface area contributed by atoms with Crippen LogP contribution >= 0.6 is 0 Å². The first-order chi connectivity index (χ1) is 5.69. The molecule has 0 aromatic carbocycles. The molecule has 1 nitrogen and oxygen atoms in total. The van der Waals surface area contributed by atoms with E-state index >= 15 is 0 Å². The van der Waals surface area contributed by atoms with Crippen LogP contribution in [0.5, 0.6) is 0 Å². The Bertz CT molecular complexity index is 145. The number of aliphatic hydroxyl groups is 1. The highest BCUT2D eigenvalue weighted by molar-refractivity contribution is 4.87. The molecule has 1 saturated carbocycles. The molecule has 12 heavy (non-hydrogen) atoms. The molecule has 0 saturated heterocycles. The van der Waals surface area contributed by atoms with Crippen molar-refractivity contribution in [3.8, 4) is 0 Å². The van der Waals surface area contributed by atoms with Crippen molar-refractivity contribution >= 4 is 0 Å². The largest absolute Gasteiger partial charge is 0.393 e. The molecule has 0 heterocycles. The zero-order valence-corrected chi connectivity index (χ0v) is 8.05. The minimum absolute atomic E-state index is 0.113. The van der Waals surface area contributed by atoms with Crippen LogP contribution in [-0.4, -0.2) is 11.2 Å². The van der Waals surface area contributed by atoms with Crippen molar-refractivity contribution in [3.05, 3.63) is 12.7 Å². The van der Waals surface area contributed by atoms with E-state index in [0.717, 1.165) is 12.8 Å². The molecule has 0 aliphatic heterocycles. The highest BCUT2D eigenvalue weighted by Gasteiger charge is 2.35. The van der Waals surface area contributed by atoms with E-state index < -0.39 is 0 Å². The molecular formula is C11H20O. The van der Waals surface area contributed by atoms with E-state index in [2.05, 4.69) is 13.5 Å². The summed E-state index contributed by atoms with van der Waals surface area (Å²) < 4.78 is 0. The van der Waals surface area contributed by atoms with E-state index in [9.17, 15) is 5.11 Å². The van der Waals surface area contributed by atoms with Gasteiger partial charge in [0.15, 0.2) is 0 Å². The van der Waals surface area contributed by atoms with Gasteiger partial charge < -0.3 is 5.11 Å². The fraction of sp³-hybridized carbons (Fsp3) is 0.818. The van der Waals surface area contributed by atoms with Crippen molar-refractivity contribution in [2.45, 2.75) is 51.6 Å². The van der Waals surface area contributed by atoms with E-state index in [-0.39, 0.29) is 11.5 Å². The van der Waals surface area contributed by atoms with Gasteiger partial charge in [-0.1, -0.05) is 25.8 Å². The summed E-state index contributed by atoms with van der Waals surface area (Å²) in [7, 11) is 0. The minimum atomic E-state index is -0.113. The van der Waals surface area contributed by atoms with E-state index in [0.29, 0.717) is 0 Å². The maximum Gasteiger partial charge on any atom is 0.0596 e. The summed E-state index contributed by atoms with van der Waals surface area (Å²) in [4.78, 5) is 0. The number of hydrogen-bond acceptors (Lipinski definition) is 1. The SMILES string of the molecule is C=CCCC(O)C1(C)CCCC1. The van der Waals surface area contributed by atoms with E-state index in [4.69, 9.17) is 0 Å². The van der Waals surface area contributed by atoms with Crippen LogP contribution in [0.25, 0.3) is 0 Å². The normalized spacial score (nSPS) is 23.8. The third kappa shape index (κ3) is 2.10. The standard InChI is InChI=1S/C11H20O/c1-3-4-7-10(12)11(2)8-5-6-9-11/h3,10,12H,1,4-9H2,2H3. The molecule has 0 radical (unpaired) electrons. The molecular weight excluding hydrogens is 148 g/mol. The third-order valence-electron chi connectivity index (χ3n) is 3.19. The fourth-order valence-corrected chi connectivity index (χ4v) is 2.14. The Morgan fingerprint density at radius 2 is 2.08 bits per heavy atom. The molecule has 1 heteroatoms. The second-order valence-corrected chi connectivity index (χ2v) is 4.24. The minimum Gasteiger partial charge on any atom is -0.393 e. The topological polar surface area (TPSA) is 20.2 Å². The predicted molar refractivity (Wildman–Crippen MR) is 52.0 cm³/mol. The third-order valence-corrected chi connectivity index (χ3v) is 3.19. The zero-order chi connectivity index (χ0) is 9.03. The van der Waals surface area contributed by atoms with Gasteiger partial charge in [-0.25, -0.2) is 0 Å². The Morgan fingerprint density at radius 3 is 2.58 bits per heavy atom. The molecule has 1 rings (SSSR count). The van der Waals surface area contributed by atoms with E-state index in [1.807, 2.05) is 6.08 Å². The maximum absolute atomic E-state index is 9.89. The van der Waals surface area contributed by atoms with Crippen LogP contribution in [0, 0.1) is 5.41 Å². The van der Waals surface area contributed by atoms with Crippen LogP contribution in [0.2, 0.25) is 0 Å². The van der Waals surface area contributed by atoms with Crippen LogP contribution in [0.1, 0.15) is 45.4 Å². The monoisotopic (exact) mass is 168 g/mol. The number of rotatable bonds is 4. The molecule has 0 bridgehead atoms. The summed E-state index contributed by atoms with van der Waals surface area (Å²) >= 11 is 0.